The van der Waals surface area contributed by atoms with E-state index >= 15 is 0 Å². The summed E-state index contributed by atoms with van der Waals surface area (Å²) >= 11 is 1.85. The first-order valence-electron chi connectivity index (χ1n) is 12.7. The number of aliphatic imine (C=N–C) groups is 1. The predicted molar refractivity (Wildman–Crippen MR) is 140 cm³/mol. The van der Waals surface area contributed by atoms with Gasteiger partial charge in [-0.1, -0.05) is 30.3 Å². The molecule has 0 radical (unpaired) electrons. The number of nitrogens with zero attached hydrogens (tertiary/aromatic N) is 3. The van der Waals surface area contributed by atoms with Crippen molar-refractivity contribution in [1.82, 2.24) is 9.80 Å². The Labute approximate surface area is 209 Å². The second kappa shape index (κ2) is 7.50. The van der Waals surface area contributed by atoms with Gasteiger partial charge in [0.1, 0.15) is 11.4 Å². The van der Waals surface area contributed by atoms with Gasteiger partial charge < -0.3 is 4.90 Å². The second-order valence-corrected chi connectivity index (χ2v) is 12.1. The van der Waals surface area contributed by atoms with E-state index in [0.29, 0.717) is 18.4 Å². The van der Waals surface area contributed by atoms with Gasteiger partial charge in [0, 0.05) is 46.6 Å². The van der Waals surface area contributed by atoms with E-state index in [0.717, 1.165) is 50.2 Å². The first-order valence-corrected chi connectivity index (χ1v) is 13.5. The Kier molecular flexibility index (Phi) is 4.57. The molecule has 3 fully saturated rings. The fourth-order valence-electron chi connectivity index (χ4n) is 5.54. The van der Waals surface area contributed by atoms with E-state index in [1.807, 2.05) is 21.1 Å². The minimum Gasteiger partial charge on any atom is -0.342 e. The third kappa shape index (κ3) is 3.45. The van der Waals surface area contributed by atoms with Crippen molar-refractivity contribution in [2.24, 2.45) is 16.8 Å². The number of fused-ring (bicyclic) bond motifs is 1. The fourth-order valence-corrected chi connectivity index (χ4v) is 6.59. The summed E-state index contributed by atoms with van der Waals surface area (Å²) < 4.78 is 1.33. The molecule has 1 aromatic heterocycles. The van der Waals surface area contributed by atoms with Gasteiger partial charge in [-0.25, -0.2) is 0 Å². The zero-order valence-electron chi connectivity index (χ0n) is 20.2. The summed E-state index contributed by atoms with van der Waals surface area (Å²) in [5.74, 6) is 1.87. The Morgan fingerprint density at radius 3 is 2.40 bits per heavy atom. The zero-order chi connectivity index (χ0) is 23.9. The largest absolute Gasteiger partial charge is 0.342 e. The van der Waals surface area contributed by atoms with Gasteiger partial charge in [-0.2, -0.15) is 0 Å². The number of benzene rings is 2. The number of hydrogen-bond donors (Lipinski definition) is 0. The van der Waals surface area contributed by atoms with Crippen LogP contribution in [0.1, 0.15) is 41.7 Å². The van der Waals surface area contributed by atoms with E-state index < -0.39 is 5.54 Å². The predicted octanol–water partition coefficient (Wildman–Crippen LogP) is 5.17. The monoisotopic (exact) mass is 483 g/mol. The third-order valence-electron chi connectivity index (χ3n) is 8.23. The normalized spacial score (nSPS) is 21.1. The number of amides is 2. The van der Waals surface area contributed by atoms with Crippen molar-refractivity contribution in [1.29, 1.82) is 0 Å². The van der Waals surface area contributed by atoms with Crippen LogP contribution in [0.25, 0.3) is 21.2 Å². The van der Waals surface area contributed by atoms with E-state index in [-0.39, 0.29) is 11.8 Å². The Morgan fingerprint density at radius 2 is 1.71 bits per heavy atom. The summed E-state index contributed by atoms with van der Waals surface area (Å²) in [4.78, 5) is 35.7. The molecular weight excluding hydrogens is 454 g/mol. The molecule has 3 heterocycles. The van der Waals surface area contributed by atoms with E-state index in [2.05, 4.69) is 56.3 Å². The maximum absolute atomic E-state index is 13.3. The summed E-state index contributed by atoms with van der Waals surface area (Å²) in [6.45, 7) is 6.57. The molecule has 4 aliphatic rings. The molecule has 7 rings (SSSR count). The van der Waals surface area contributed by atoms with Crippen molar-refractivity contribution < 1.29 is 9.59 Å². The molecule has 2 saturated carbocycles. The summed E-state index contributed by atoms with van der Waals surface area (Å²) in [7, 11) is 0. The van der Waals surface area contributed by atoms with Gasteiger partial charge in [0.05, 0.1) is 0 Å². The summed E-state index contributed by atoms with van der Waals surface area (Å²) in [6.07, 6.45) is 3.78. The number of thiophene rings is 1. The molecule has 1 saturated heterocycles. The average molecular weight is 484 g/mol. The fraction of sp³-hybridized carbons (Fsp3) is 0.414. The van der Waals surface area contributed by atoms with Crippen molar-refractivity contribution in [3.8, 4) is 11.1 Å². The molecule has 0 bridgehead atoms. The third-order valence-corrected chi connectivity index (χ3v) is 9.42. The molecule has 0 N–H and O–H groups in total. The molecule has 35 heavy (non-hydrogen) atoms. The summed E-state index contributed by atoms with van der Waals surface area (Å²) in [6, 6.07) is 15.2. The van der Waals surface area contributed by atoms with Crippen molar-refractivity contribution in [2.75, 3.05) is 19.6 Å². The van der Waals surface area contributed by atoms with E-state index in [4.69, 9.17) is 4.99 Å². The molecule has 0 atom stereocenters. The lowest BCUT2D eigenvalue weighted by atomic mass is 9.97. The highest BCUT2D eigenvalue weighted by atomic mass is 32.1. The SMILES string of the molecule is Cc1sc2ccc(-c3ccc(C4=NC5(CC5)C(=O)N4CC4CN(C(=O)C5CC5)C4)cc3)cc2c1C. The van der Waals surface area contributed by atoms with Crippen LogP contribution in [0.15, 0.2) is 47.5 Å². The molecule has 2 aliphatic carbocycles. The number of carbonyl (C=O) groups excluding carboxylic acids is 2. The van der Waals surface area contributed by atoms with Gasteiger partial charge in [0.2, 0.25) is 5.91 Å². The zero-order valence-corrected chi connectivity index (χ0v) is 21.0. The van der Waals surface area contributed by atoms with Crippen LogP contribution in [0.5, 0.6) is 0 Å². The lowest BCUT2D eigenvalue weighted by molar-refractivity contribution is -0.139. The minimum absolute atomic E-state index is 0.150. The first kappa shape index (κ1) is 21.3. The average Bonchev–Trinajstić information content (AvgIpc) is 3.76. The van der Waals surface area contributed by atoms with Gasteiger partial charge in [-0.3, -0.25) is 19.5 Å². The van der Waals surface area contributed by atoms with Gasteiger partial charge >= 0.3 is 0 Å². The Morgan fingerprint density at radius 1 is 1.03 bits per heavy atom. The Balaban J connectivity index is 1.12. The highest BCUT2D eigenvalue weighted by Crippen LogP contribution is 2.46. The molecule has 0 unspecified atom stereocenters. The Bertz CT molecular complexity index is 1410. The molecule has 178 valence electrons. The van der Waals surface area contributed by atoms with Gasteiger partial charge in [-0.05, 0) is 73.7 Å². The molecule has 2 amide bonds. The van der Waals surface area contributed by atoms with Crippen LogP contribution < -0.4 is 0 Å². The van der Waals surface area contributed by atoms with Crippen LogP contribution in [-0.2, 0) is 9.59 Å². The number of aryl methyl sites for hydroxylation is 2. The number of rotatable bonds is 5. The number of carbonyl (C=O) groups is 2. The topological polar surface area (TPSA) is 53.0 Å². The molecule has 2 aliphatic heterocycles. The smallest absolute Gasteiger partial charge is 0.256 e. The van der Waals surface area contributed by atoms with Crippen LogP contribution in [-0.4, -0.2) is 52.6 Å². The number of amidine groups is 1. The molecular formula is C29H29N3O2S. The maximum atomic E-state index is 13.3. The van der Waals surface area contributed by atoms with Crippen molar-refractivity contribution in [3.63, 3.8) is 0 Å². The summed E-state index contributed by atoms with van der Waals surface area (Å²) in [5, 5.41) is 1.33. The van der Waals surface area contributed by atoms with Crippen molar-refractivity contribution in [3.05, 3.63) is 58.5 Å². The Hall–Kier alpha value is -2.99. The van der Waals surface area contributed by atoms with Crippen molar-refractivity contribution in [2.45, 2.75) is 45.1 Å². The minimum atomic E-state index is -0.513. The van der Waals surface area contributed by atoms with Crippen LogP contribution in [0.3, 0.4) is 0 Å². The van der Waals surface area contributed by atoms with E-state index in [1.165, 1.54) is 31.7 Å². The molecule has 2 aromatic carbocycles. The number of likely N-dealkylation sites (tertiary alicyclic amines) is 1. The lowest BCUT2D eigenvalue weighted by Crippen LogP contribution is -2.55. The van der Waals surface area contributed by atoms with E-state index in [9.17, 15) is 9.59 Å². The van der Waals surface area contributed by atoms with Gasteiger partial charge in [0.25, 0.3) is 5.91 Å². The van der Waals surface area contributed by atoms with Crippen LogP contribution in [0.2, 0.25) is 0 Å². The quantitative estimate of drug-likeness (QED) is 0.502. The number of hydrogen-bond acceptors (Lipinski definition) is 4. The van der Waals surface area contributed by atoms with Gasteiger partial charge in [0.15, 0.2) is 0 Å². The van der Waals surface area contributed by atoms with Crippen LogP contribution in [0.4, 0.5) is 0 Å². The maximum Gasteiger partial charge on any atom is 0.256 e. The standard InChI is InChI=1S/C29H29N3O2S/c1-17-18(2)35-25-10-9-23(13-24(17)25)20-3-5-21(6-4-20)26-30-29(11-12-29)28(34)32(26)16-19-14-31(15-19)27(33)22-7-8-22/h3-6,9-10,13,19,22H,7-8,11-12,14-16H2,1-2H3. The van der Waals surface area contributed by atoms with E-state index in [1.54, 1.807) is 0 Å². The molecule has 5 nitrogen and oxygen atoms in total. The summed E-state index contributed by atoms with van der Waals surface area (Å²) in [5.41, 5.74) is 4.23. The van der Waals surface area contributed by atoms with Crippen LogP contribution >= 0.6 is 11.3 Å². The van der Waals surface area contributed by atoms with Crippen LogP contribution in [0, 0.1) is 25.7 Å². The second-order valence-electron chi connectivity index (χ2n) is 10.8. The van der Waals surface area contributed by atoms with Gasteiger partial charge in [-0.15, -0.1) is 11.3 Å². The molecule has 1 spiro atoms. The van der Waals surface area contributed by atoms with Crippen molar-refractivity contribution >= 4 is 39.1 Å². The molecule has 6 heteroatoms. The highest BCUT2D eigenvalue weighted by Gasteiger charge is 2.57. The molecule has 3 aromatic rings. The lowest BCUT2D eigenvalue weighted by Gasteiger charge is -2.41. The first-order chi connectivity index (χ1) is 16.9. The highest BCUT2D eigenvalue weighted by molar-refractivity contribution is 7.19.